The lowest BCUT2D eigenvalue weighted by Crippen LogP contribution is -2.32. The SMILES string of the molecule is CC(C)CC(O)CNC(=O)CCc1ccc2c(c1)OCO2. The molecule has 2 rings (SSSR count). The average molecular weight is 293 g/mol. The van der Waals surface area contributed by atoms with E-state index in [1.165, 1.54) is 0 Å². The summed E-state index contributed by atoms with van der Waals surface area (Å²) in [5.41, 5.74) is 1.04. The number of aliphatic hydroxyl groups is 1. The van der Waals surface area contributed by atoms with Crippen LogP contribution in [-0.2, 0) is 11.2 Å². The van der Waals surface area contributed by atoms with Crippen molar-refractivity contribution < 1.29 is 19.4 Å². The summed E-state index contributed by atoms with van der Waals surface area (Å²) < 4.78 is 10.6. The van der Waals surface area contributed by atoms with Crippen molar-refractivity contribution in [3.8, 4) is 11.5 Å². The lowest BCUT2D eigenvalue weighted by molar-refractivity contribution is -0.121. The van der Waals surface area contributed by atoms with Crippen LogP contribution in [-0.4, -0.2) is 30.5 Å². The van der Waals surface area contributed by atoms with Crippen LogP contribution < -0.4 is 14.8 Å². The summed E-state index contributed by atoms with van der Waals surface area (Å²) in [5, 5.41) is 12.5. The second kappa shape index (κ2) is 7.31. The van der Waals surface area contributed by atoms with Crippen molar-refractivity contribution in [2.75, 3.05) is 13.3 Å². The number of hydrogen-bond acceptors (Lipinski definition) is 4. The molecule has 21 heavy (non-hydrogen) atoms. The average Bonchev–Trinajstić information content (AvgIpc) is 2.89. The van der Waals surface area contributed by atoms with Crippen LogP contribution in [0.3, 0.4) is 0 Å². The highest BCUT2D eigenvalue weighted by molar-refractivity contribution is 5.76. The summed E-state index contributed by atoms with van der Waals surface area (Å²) in [7, 11) is 0. The molecule has 116 valence electrons. The first-order valence-corrected chi connectivity index (χ1v) is 7.38. The van der Waals surface area contributed by atoms with Crippen LogP contribution in [0.5, 0.6) is 11.5 Å². The molecular formula is C16H23NO4. The molecule has 1 aromatic rings. The molecule has 1 aliphatic rings. The molecule has 0 aromatic heterocycles. The standard InChI is InChI=1S/C16H23NO4/c1-11(2)7-13(18)9-17-16(19)6-4-12-3-5-14-15(8-12)21-10-20-14/h3,5,8,11,13,18H,4,6-7,9-10H2,1-2H3,(H,17,19). The summed E-state index contributed by atoms with van der Waals surface area (Å²) in [6, 6.07) is 5.71. The van der Waals surface area contributed by atoms with Crippen LogP contribution in [0.4, 0.5) is 0 Å². The molecule has 1 heterocycles. The second-order valence-corrected chi connectivity index (χ2v) is 5.78. The smallest absolute Gasteiger partial charge is 0.231 e. The Labute approximate surface area is 125 Å². The summed E-state index contributed by atoms with van der Waals surface area (Å²) in [4.78, 5) is 11.8. The fraction of sp³-hybridized carbons (Fsp3) is 0.562. The van der Waals surface area contributed by atoms with E-state index in [9.17, 15) is 9.90 Å². The number of ether oxygens (including phenoxy) is 2. The van der Waals surface area contributed by atoms with E-state index < -0.39 is 6.10 Å². The van der Waals surface area contributed by atoms with Gasteiger partial charge in [0.15, 0.2) is 11.5 Å². The highest BCUT2D eigenvalue weighted by Gasteiger charge is 2.14. The first-order valence-electron chi connectivity index (χ1n) is 7.38. The number of benzene rings is 1. The molecule has 1 unspecified atom stereocenters. The minimum atomic E-state index is -0.473. The maximum absolute atomic E-state index is 11.8. The van der Waals surface area contributed by atoms with E-state index in [0.29, 0.717) is 31.7 Å². The fourth-order valence-corrected chi connectivity index (χ4v) is 2.30. The predicted octanol–water partition coefficient (Wildman–Crippen LogP) is 1.87. The first kappa shape index (κ1) is 15.6. The van der Waals surface area contributed by atoms with Gasteiger partial charge in [0, 0.05) is 13.0 Å². The molecule has 0 bridgehead atoms. The van der Waals surface area contributed by atoms with Crippen LogP contribution in [0, 0.1) is 5.92 Å². The Bertz CT molecular complexity index is 487. The highest BCUT2D eigenvalue weighted by atomic mass is 16.7. The van der Waals surface area contributed by atoms with Crippen molar-refractivity contribution in [3.05, 3.63) is 23.8 Å². The molecule has 1 aromatic carbocycles. The van der Waals surface area contributed by atoms with Gasteiger partial charge in [0.25, 0.3) is 0 Å². The number of rotatable bonds is 7. The second-order valence-electron chi connectivity index (χ2n) is 5.78. The Morgan fingerprint density at radius 1 is 1.33 bits per heavy atom. The monoisotopic (exact) mass is 293 g/mol. The van der Waals surface area contributed by atoms with Gasteiger partial charge in [-0.05, 0) is 36.5 Å². The van der Waals surface area contributed by atoms with Crippen molar-refractivity contribution in [3.63, 3.8) is 0 Å². The number of fused-ring (bicyclic) bond motifs is 1. The van der Waals surface area contributed by atoms with Gasteiger partial charge in [-0.25, -0.2) is 0 Å². The first-order chi connectivity index (χ1) is 10.0. The van der Waals surface area contributed by atoms with Gasteiger partial charge in [0.1, 0.15) is 0 Å². The largest absolute Gasteiger partial charge is 0.454 e. The van der Waals surface area contributed by atoms with Gasteiger partial charge in [0.05, 0.1) is 6.10 Å². The van der Waals surface area contributed by atoms with E-state index in [-0.39, 0.29) is 12.7 Å². The Morgan fingerprint density at radius 3 is 2.86 bits per heavy atom. The number of nitrogens with one attached hydrogen (secondary N) is 1. The molecule has 5 nitrogen and oxygen atoms in total. The molecule has 0 saturated heterocycles. The van der Waals surface area contributed by atoms with E-state index in [1.807, 2.05) is 32.0 Å². The number of aliphatic hydroxyl groups excluding tert-OH is 1. The summed E-state index contributed by atoms with van der Waals surface area (Å²) >= 11 is 0. The van der Waals surface area contributed by atoms with E-state index in [0.717, 1.165) is 17.1 Å². The van der Waals surface area contributed by atoms with Crippen molar-refractivity contribution >= 4 is 5.91 Å². The third kappa shape index (κ3) is 4.93. The molecule has 2 N–H and O–H groups in total. The molecule has 1 amide bonds. The van der Waals surface area contributed by atoms with Gasteiger partial charge in [0.2, 0.25) is 12.7 Å². The number of carbonyl (C=O) groups excluding carboxylic acids is 1. The van der Waals surface area contributed by atoms with E-state index >= 15 is 0 Å². The quantitative estimate of drug-likeness (QED) is 0.805. The Morgan fingerprint density at radius 2 is 2.10 bits per heavy atom. The van der Waals surface area contributed by atoms with Gasteiger partial charge >= 0.3 is 0 Å². The van der Waals surface area contributed by atoms with Crippen molar-refractivity contribution in [2.24, 2.45) is 5.92 Å². The maximum Gasteiger partial charge on any atom is 0.231 e. The Kier molecular flexibility index (Phi) is 5.44. The van der Waals surface area contributed by atoms with E-state index in [4.69, 9.17) is 9.47 Å². The lowest BCUT2D eigenvalue weighted by Gasteiger charge is -2.13. The van der Waals surface area contributed by atoms with Crippen LogP contribution in [0.1, 0.15) is 32.3 Å². The third-order valence-corrected chi connectivity index (χ3v) is 3.36. The zero-order valence-corrected chi connectivity index (χ0v) is 12.6. The lowest BCUT2D eigenvalue weighted by atomic mass is 10.1. The summed E-state index contributed by atoms with van der Waals surface area (Å²) in [6.07, 6.45) is 1.26. The fourth-order valence-electron chi connectivity index (χ4n) is 2.30. The van der Waals surface area contributed by atoms with Gasteiger partial charge in [-0.1, -0.05) is 19.9 Å². The highest BCUT2D eigenvalue weighted by Crippen LogP contribution is 2.32. The van der Waals surface area contributed by atoms with Crippen LogP contribution >= 0.6 is 0 Å². The Hall–Kier alpha value is -1.75. The van der Waals surface area contributed by atoms with Crippen LogP contribution in [0.2, 0.25) is 0 Å². The molecular weight excluding hydrogens is 270 g/mol. The zero-order valence-electron chi connectivity index (χ0n) is 12.6. The van der Waals surface area contributed by atoms with Gasteiger partial charge in [-0.2, -0.15) is 0 Å². The Balaban J connectivity index is 1.71. The maximum atomic E-state index is 11.8. The normalized spacial score (nSPS) is 14.3. The molecule has 0 aliphatic carbocycles. The van der Waals surface area contributed by atoms with E-state index in [2.05, 4.69) is 5.32 Å². The molecule has 0 fully saturated rings. The van der Waals surface area contributed by atoms with Crippen molar-refractivity contribution in [2.45, 2.75) is 39.2 Å². The van der Waals surface area contributed by atoms with Crippen molar-refractivity contribution in [1.82, 2.24) is 5.32 Å². The molecule has 1 atom stereocenters. The van der Waals surface area contributed by atoms with Gasteiger partial charge in [-0.3, -0.25) is 4.79 Å². The molecule has 5 heteroatoms. The topological polar surface area (TPSA) is 67.8 Å². The van der Waals surface area contributed by atoms with E-state index in [1.54, 1.807) is 0 Å². The van der Waals surface area contributed by atoms with Crippen molar-refractivity contribution in [1.29, 1.82) is 0 Å². The molecule has 0 radical (unpaired) electrons. The number of hydrogen-bond donors (Lipinski definition) is 2. The summed E-state index contributed by atoms with van der Waals surface area (Å²) in [6.45, 7) is 4.67. The zero-order chi connectivity index (χ0) is 15.2. The van der Waals surface area contributed by atoms with Crippen LogP contribution in [0.25, 0.3) is 0 Å². The number of carbonyl (C=O) groups is 1. The van der Waals surface area contributed by atoms with Gasteiger partial charge in [-0.15, -0.1) is 0 Å². The number of aryl methyl sites for hydroxylation is 1. The molecule has 0 saturated carbocycles. The van der Waals surface area contributed by atoms with Crippen LogP contribution in [0.15, 0.2) is 18.2 Å². The summed E-state index contributed by atoms with van der Waals surface area (Å²) in [5.74, 6) is 1.86. The minimum Gasteiger partial charge on any atom is -0.454 e. The molecule has 0 spiro atoms. The molecule has 1 aliphatic heterocycles. The predicted molar refractivity (Wildman–Crippen MR) is 79.4 cm³/mol. The van der Waals surface area contributed by atoms with Gasteiger partial charge < -0.3 is 19.9 Å². The number of amides is 1. The third-order valence-electron chi connectivity index (χ3n) is 3.36. The minimum absolute atomic E-state index is 0.0459.